The molecule has 4 aromatic carbocycles. The SMILES string of the molecule is CN(C)c1ccc(N=Cc2c(/C=C/c3ccc(Cl)cc3Cl)c3ccccc3n2S(=O)(=O)c2ccccc2)cc1. The summed E-state index contributed by atoms with van der Waals surface area (Å²) < 4.78 is 29.4. The maximum atomic E-state index is 14.0. The van der Waals surface area contributed by atoms with Crippen LogP contribution in [0.5, 0.6) is 0 Å². The first-order valence-electron chi connectivity index (χ1n) is 12.1. The number of anilines is 1. The third-order valence-electron chi connectivity index (χ3n) is 6.28. The lowest BCUT2D eigenvalue weighted by molar-refractivity contribution is 0.589. The summed E-state index contributed by atoms with van der Waals surface area (Å²) in [4.78, 5) is 6.87. The highest BCUT2D eigenvalue weighted by Crippen LogP contribution is 2.32. The Hall–Kier alpha value is -3.84. The molecule has 0 atom stereocenters. The zero-order valence-corrected chi connectivity index (χ0v) is 23.6. The Kier molecular flexibility index (Phi) is 7.62. The molecule has 0 bridgehead atoms. The maximum Gasteiger partial charge on any atom is 0.268 e. The fourth-order valence-electron chi connectivity index (χ4n) is 4.29. The maximum absolute atomic E-state index is 14.0. The Balaban J connectivity index is 1.74. The molecule has 0 aliphatic heterocycles. The van der Waals surface area contributed by atoms with Crippen molar-refractivity contribution in [3.63, 3.8) is 0 Å². The van der Waals surface area contributed by atoms with Crippen LogP contribution in [0.2, 0.25) is 10.0 Å². The topological polar surface area (TPSA) is 54.7 Å². The standard InChI is InChI=1S/C31H25Cl2N3O2S/c1-35(2)25-17-15-24(16-18-25)34-21-31-28(19-13-22-12-14-23(32)20-29(22)33)27-10-6-7-11-30(27)36(31)39(37,38)26-8-4-3-5-9-26/h3-21H,1-2H3/b19-13+,34-21?. The van der Waals surface area contributed by atoms with Crippen LogP contribution in [-0.4, -0.2) is 32.7 Å². The predicted octanol–water partition coefficient (Wildman–Crippen LogP) is 8.17. The number of aromatic nitrogens is 1. The Morgan fingerprint density at radius 2 is 1.51 bits per heavy atom. The summed E-state index contributed by atoms with van der Waals surface area (Å²) in [7, 11) is -0.0152. The molecule has 0 spiro atoms. The number of rotatable bonds is 7. The van der Waals surface area contributed by atoms with Crippen molar-refractivity contribution in [2.24, 2.45) is 4.99 Å². The molecule has 0 aliphatic rings. The van der Waals surface area contributed by atoms with Crippen molar-refractivity contribution >= 4 is 73.9 Å². The van der Waals surface area contributed by atoms with Gasteiger partial charge in [-0.05, 0) is 60.2 Å². The second-order valence-corrected chi connectivity index (χ2v) is 11.7. The molecular formula is C31H25Cl2N3O2S. The Labute approximate surface area is 238 Å². The number of benzene rings is 4. The Morgan fingerprint density at radius 3 is 2.21 bits per heavy atom. The van der Waals surface area contributed by atoms with Crippen molar-refractivity contribution in [1.82, 2.24) is 3.97 Å². The van der Waals surface area contributed by atoms with Crippen LogP contribution >= 0.6 is 23.2 Å². The first-order valence-corrected chi connectivity index (χ1v) is 14.3. The van der Waals surface area contributed by atoms with Crippen LogP contribution in [0, 0.1) is 0 Å². The summed E-state index contributed by atoms with van der Waals surface area (Å²) >= 11 is 12.5. The van der Waals surface area contributed by atoms with Gasteiger partial charge in [0.2, 0.25) is 0 Å². The molecule has 0 unspecified atom stereocenters. The molecule has 0 N–H and O–H groups in total. The lowest BCUT2D eigenvalue weighted by Gasteiger charge is -2.12. The first kappa shape index (κ1) is 26.8. The summed E-state index contributed by atoms with van der Waals surface area (Å²) in [6.45, 7) is 0. The van der Waals surface area contributed by atoms with Crippen LogP contribution in [-0.2, 0) is 10.0 Å². The van der Waals surface area contributed by atoms with Crippen molar-refractivity contribution in [2.45, 2.75) is 4.90 Å². The highest BCUT2D eigenvalue weighted by molar-refractivity contribution is 7.90. The molecule has 5 aromatic rings. The van der Waals surface area contributed by atoms with Gasteiger partial charge in [-0.3, -0.25) is 4.99 Å². The monoisotopic (exact) mass is 573 g/mol. The number of hydrogen-bond donors (Lipinski definition) is 0. The van der Waals surface area contributed by atoms with E-state index in [9.17, 15) is 8.42 Å². The van der Waals surface area contributed by atoms with Crippen molar-refractivity contribution in [1.29, 1.82) is 0 Å². The molecule has 1 heterocycles. The van der Waals surface area contributed by atoms with Gasteiger partial charge in [-0.1, -0.05) is 77.8 Å². The van der Waals surface area contributed by atoms with Gasteiger partial charge in [-0.25, -0.2) is 12.4 Å². The summed E-state index contributed by atoms with van der Waals surface area (Å²) in [5, 5.41) is 1.80. The quantitative estimate of drug-likeness (QED) is 0.184. The molecule has 39 heavy (non-hydrogen) atoms. The number of aliphatic imine (C=N–C) groups is 1. The summed E-state index contributed by atoms with van der Waals surface area (Å²) in [5.41, 5.74) is 4.17. The second-order valence-electron chi connectivity index (χ2n) is 9.07. The molecule has 5 rings (SSSR count). The van der Waals surface area contributed by atoms with E-state index < -0.39 is 10.0 Å². The van der Waals surface area contributed by atoms with E-state index in [2.05, 4.69) is 4.99 Å². The second kappa shape index (κ2) is 11.1. The van der Waals surface area contributed by atoms with E-state index in [1.165, 1.54) is 3.97 Å². The number of fused-ring (bicyclic) bond motifs is 1. The van der Waals surface area contributed by atoms with E-state index in [4.69, 9.17) is 23.2 Å². The minimum Gasteiger partial charge on any atom is -0.378 e. The van der Waals surface area contributed by atoms with Crippen molar-refractivity contribution in [2.75, 3.05) is 19.0 Å². The summed E-state index contributed by atoms with van der Waals surface area (Å²) in [6.07, 6.45) is 5.32. The third-order valence-corrected chi connectivity index (χ3v) is 8.59. The minimum absolute atomic E-state index is 0.187. The van der Waals surface area contributed by atoms with Gasteiger partial charge in [-0.15, -0.1) is 0 Å². The third kappa shape index (κ3) is 5.50. The number of hydrogen-bond acceptors (Lipinski definition) is 4. The Morgan fingerprint density at radius 1 is 0.821 bits per heavy atom. The lowest BCUT2D eigenvalue weighted by atomic mass is 10.1. The number of nitrogens with zero attached hydrogens (tertiary/aromatic N) is 3. The molecule has 196 valence electrons. The molecular weight excluding hydrogens is 549 g/mol. The van der Waals surface area contributed by atoms with E-state index in [0.29, 0.717) is 32.5 Å². The summed E-state index contributed by atoms with van der Waals surface area (Å²) in [6, 6.07) is 28.8. The molecule has 8 heteroatoms. The van der Waals surface area contributed by atoms with Gasteiger partial charge < -0.3 is 4.90 Å². The van der Waals surface area contributed by atoms with Crippen molar-refractivity contribution in [3.8, 4) is 0 Å². The van der Waals surface area contributed by atoms with Crippen LogP contribution in [0.1, 0.15) is 16.8 Å². The average Bonchev–Trinajstić information content (AvgIpc) is 3.26. The van der Waals surface area contributed by atoms with Crippen molar-refractivity contribution < 1.29 is 8.42 Å². The molecule has 0 saturated heterocycles. The largest absolute Gasteiger partial charge is 0.378 e. The smallest absolute Gasteiger partial charge is 0.268 e. The molecule has 5 nitrogen and oxygen atoms in total. The van der Waals surface area contributed by atoms with Crippen LogP contribution in [0.25, 0.3) is 23.1 Å². The fraction of sp³-hybridized carbons (Fsp3) is 0.0645. The van der Waals surface area contributed by atoms with E-state index in [1.807, 2.05) is 79.7 Å². The van der Waals surface area contributed by atoms with Gasteiger partial charge in [0.15, 0.2) is 0 Å². The molecule has 0 radical (unpaired) electrons. The van der Waals surface area contributed by atoms with E-state index >= 15 is 0 Å². The Bertz CT molecular complexity index is 1810. The van der Waals surface area contributed by atoms with Gasteiger partial charge in [0, 0.05) is 40.8 Å². The van der Waals surface area contributed by atoms with E-state index in [1.54, 1.807) is 54.7 Å². The zero-order chi connectivity index (χ0) is 27.6. The lowest BCUT2D eigenvalue weighted by Crippen LogP contribution is -2.15. The minimum atomic E-state index is -3.95. The van der Waals surface area contributed by atoms with Gasteiger partial charge in [0.25, 0.3) is 10.0 Å². The van der Waals surface area contributed by atoms with Crippen LogP contribution < -0.4 is 4.90 Å². The van der Waals surface area contributed by atoms with E-state index in [-0.39, 0.29) is 4.90 Å². The van der Waals surface area contributed by atoms with Crippen LogP contribution in [0.15, 0.2) is 107 Å². The first-order chi connectivity index (χ1) is 18.8. The normalized spacial score (nSPS) is 12.1. The molecule has 0 saturated carbocycles. The van der Waals surface area contributed by atoms with Crippen molar-refractivity contribution in [3.05, 3.63) is 124 Å². The molecule has 0 aliphatic carbocycles. The van der Waals surface area contributed by atoms with Gasteiger partial charge in [0.1, 0.15) is 0 Å². The fourth-order valence-corrected chi connectivity index (χ4v) is 6.30. The zero-order valence-electron chi connectivity index (χ0n) is 21.3. The molecule has 0 fully saturated rings. The summed E-state index contributed by atoms with van der Waals surface area (Å²) in [5.74, 6) is 0. The van der Waals surface area contributed by atoms with Crippen LogP contribution in [0.3, 0.4) is 0 Å². The van der Waals surface area contributed by atoms with Crippen LogP contribution in [0.4, 0.5) is 11.4 Å². The highest BCUT2D eigenvalue weighted by atomic mass is 35.5. The number of para-hydroxylation sites is 1. The highest BCUT2D eigenvalue weighted by Gasteiger charge is 2.25. The van der Waals surface area contributed by atoms with E-state index in [0.717, 1.165) is 16.6 Å². The average molecular weight is 575 g/mol. The molecule has 0 amide bonds. The van der Waals surface area contributed by atoms with Gasteiger partial charge in [0.05, 0.1) is 28.0 Å². The van der Waals surface area contributed by atoms with Gasteiger partial charge >= 0.3 is 0 Å². The van der Waals surface area contributed by atoms with Gasteiger partial charge in [-0.2, -0.15) is 0 Å². The predicted molar refractivity (Wildman–Crippen MR) is 164 cm³/mol. The molecule has 1 aromatic heterocycles. The number of halogens is 2.